The van der Waals surface area contributed by atoms with Crippen LogP contribution >= 0.6 is 0 Å². The van der Waals surface area contributed by atoms with E-state index in [2.05, 4.69) is 15.6 Å². The zero-order valence-corrected chi connectivity index (χ0v) is 12.3. The number of aromatic nitrogens is 3. The Hall–Kier alpha value is -2.16. The van der Waals surface area contributed by atoms with Gasteiger partial charge in [0.25, 0.3) is 0 Å². The molecule has 0 saturated carbocycles. The summed E-state index contributed by atoms with van der Waals surface area (Å²) in [5.74, 6) is -1.13. The van der Waals surface area contributed by atoms with Crippen molar-refractivity contribution in [3.63, 3.8) is 0 Å². The van der Waals surface area contributed by atoms with E-state index in [0.29, 0.717) is 39.4 Å². The Bertz CT molecular complexity index is 462. The Balaban J connectivity index is 2.32. The van der Waals surface area contributed by atoms with Gasteiger partial charge in [0.2, 0.25) is 0 Å². The minimum absolute atomic E-state index is 0.117. The molecule has 2 amide bonds. The van der Waals surface area contributed by atoms with E-state index in [0.717, 1.165) is 0 Å². The lowest BCUT2D eigenvalue weighted by Crippen LogP contribution is -2.42. The number of rotatable bonds is 9. The van der Waals surface area contributed by atoms with Crippen molar-refractivity contribution in [3.8, 4) is 0 Å². The van der Waals surface area contributed by atoms with E-state index in [-0.39, 0.29) is 11.7 Å². The predicted molar refractivity (Wildman–Crippen MR) is 74.1 cm³/mol. The molecule has 0 aromatic carbocycles. The van der Waals surface area contributed by atoms with Crippen molar-refractivity contribution < 1.29 is 19.4 Å². The number of aromatic carboxylic acids is 1. The summed E-state index contributed by atoms with van der Waals surface area (Å²) >= 11 is 0. The van der Waals surface area contributed by atoms with E-state index < -0.39 is 5.97 Å². The fraction of sp³-hybridized carbons (Fsp3) is 0.667. The molecule has 118 valence electrons. The maximum absolute atomic E-state index is 11.9. The smallest absolute Gasteiger partial charge is 0.358 e. The minimum Gasteiger partial charge on any atom is -0.476 e. The van der Waals surface area contributed by atoms with E-state index >= 15 is 0 Å². The first-order valence-electron chi connectivity index (χ1n) is 6.82. The van der Waals surface area contributed by atoms with Gasteiger partial charge in [-0.1, -0.05) is 5.21 Å². The van der Waals surface area contributed by atoms with Crippen molar-refractivity contribution in [1.82, 2.24) is 25.2 Å². The minimum atomic E-state index is -1.13. The Kier molecular flexibility index (Phi) is 7.16. The number of carbonyl (C=O) groups excluding carboxylic acids is 1. The van der Waals surface area contributed by atoms with Crippen LogP contribution in [0.3, 0.4) is 0 Å². The van der Waals surface area contributed by atoms with E-state index in [4.69, 9.17) is 9.84 Å². The maximum Gasteiger partial charge on any atom is 0.358 e. The summed E-state index contributed by atoms with van der Waals surface area (Å²) in [4.78, 5) is 24.2. The average molecular weight is 299 g/mol. The van der Waals surface area contributed by atoms with Crippen molar-refractivity contribution in [1.29, 1.82) is 0 Å². The van der Waals surface area contributed by atoms with Gasteiger partial charge in [0.15, 0.2) is 5.69 Å². The van der Waals surface area contributed by atoms with Gasteiger partial charge in [0.05, 0.1) is 19.3 Å². The number of amides is 2. The van der Waals surface area contributed by atoms with Crippen LogP contribution in [0.15, 0.2) is 6.20 Å². The summed E-state index contributed by atoms with van der Waals surface area (Å²) in [7, 11) is 0. The number of carboxylic acid groups (broad SMARTS) is 1. The Morgan fingerprint density at radius 1 is 1.48 bits per heavy atom. The van der Waals surface area contributed by atoms with Gasteiger partial charge in [-0.15, -0.1) is 5.10 Å². The largest absolute Gasteiger partial charge is 0.476 e. The second-order valence-corrected chi connectivity index (χ2v) is 4.18. The zero-order chi connectivity index (χ0) is 15.7. The molecular weight excluding hydrogens is 278 g/mol. The molecule has 0 radical (unpaired) electrons. The van der Waals surface area contributed by atoms with E-state index in [9.17, 15) is 9.59 Å². The number of hydrogen-bond donors (Lipinski definition) is 2. The molecule has 9 heteroatoms. The number of carboxylic acids is 1. The highest BCUT2D eigenvalue weighted by Crippen LogP contribution is 1.93. The summed E-state index contributed by atoms with van der Waals surface area (Å²) in [6, 6.07) is -0.184. The second-order valence-electron chi connectivity index (χ2n) is 4.18. The molecule has 0 atom stereocenters. The van der Waals surface area contributed by atoms with Gasteiger partial charge >= 0.3 is 12.0 Å². The van der Waals surface area contributed by atoms with Crippen LogP contribution in [0.1, 0.15) is 24.3 Å². The number of urea groups is 1. The second kappa shape index (κ2) is 8.90. The Morgan fingerprint density at radius 3 is 2.81 bits per heavy atom. The van der Waals surface area contributed by atoms with Gasteiger partial charge in [0, 0.05) is 26.2 Å². The fourth-order valence-corrected chi connectivity index (χ4v) is 1.62. The average Bonchev–Trinajstić information content (AvgIpc) is 2.92. The molecule has 0 unspecified atom stereocenters. The molecule has 0 aliphatic carbocycles. The molecule has 0 saturated heterocycles. The molecule has 0 aliphatic heterocycles. The van der Waals surface area contributed by atoms with Crippen molar-refractivity contribution in [3.05, 3.63) is 11.9 Å². The zero-order valence-electron chi connectivity index (χ0n) is 12.3. The standard InChI is InChI=1S/C12H21N5O4/c1-3-16(7-8-21-4-2)12(20)13-5-6-17-9-10(11(18)19)14-15-17/h9H,3-8H2,1-2H3,(H,13,20)(H,18,19). The third kappa shape index (κ3) is 5.78. The highest BCUT2D eigenvalue weighted by atomic mass is 16.5. The first-order chi connectivity index (χ1) is 10.1. The summed E-state index contributed by atoms with van der Waals surface area (Å²) in [5.41, 5.74) is -0.117. The van der Waals surface area contributed by atoms with Crippen molar-refractivity contribution in [2.45, 2.75) is 20.4 Å². The fourth-order valence-electron chi connectivity index (χ4n) is 1.62. The number of nitrogens with zero attached hydrogens (tertiary/aromatic N) is 4. The van der Waals surface area contributed by atoms with Gasteiger partial charge in [-0.05, 0) is 13.8 Å². The van der Waals surface area contributed by atoms with Crippen molar-refractivity contribution in [2.24, 2.45) is 0 Å². The van der Waals surface area contributed by atoms with Crippen LogP contribution in [0.5, 0.6) is 0 Å². The maximum atomic E-state index is 11.9. The monoisotopic (exact) mass is 299 g/mol. The Morgan fingerprint density at radius 2 is 2.24 bits per heavy atom. The lowest BCUT2D eigenvalue weighted by Gasteiger charge is -2.21. The summed E-state index contributed by atoms with van der Waals surface area (Å²) in [6.45, 7) is 6.73. The normalized spacial score (nSPS) is 10.4. The molecule has 0 aliphatic rings. The van der Waals surface area contributed by atoms with E-state index in [1.54, 1.807) is 4.90 Å². The van der Waals surface area contributed by atoms with Gasteiger partial charge in [-0.2, -0.15) is 0 Å². The highest BCUT2D eigenvalue weighted by molar-refractivity contribution is 5.84. The van der Waals surface area contributed by atoms with Gasteiger partial charge in [0.1, 0.15) is 0 Å². The first-order valence-corrected chi connectivity index (χ1v) is 6.82. The lowest BCUT2D eigenvalue weighted by molar-refractivity contribution is 0.0690. The number of carbonyl (C=O) groups is 2. The number of hydrogen-bond acceptors (Lipinski definition) is 5. The van der Waals surface area contributed by atoms with Gasteiger partial charge in [-0.25, -0.2) is 14.3 Å². The number of likely N-dealkylation sites (N-methyl/N-ethyl adjacent to an activating group) is 1. The molecule has 9 nitrogen and oxygen atoms in total. The molecule has 0 bridgehead atoms. The van der Waals surface area contributed by atoms with Crippen LogP contribution in [0.2, 0.25) is 0 Å². The van der Waals surface area contributed by atoms with Crippen LogP contribution in [0.4, 0.5) is 4.79 Å². The molecule has 1 rings (SSSR count). The van der Waals surface area contributed by atoms with Crippen LogP contribution in [-0.4, -0.2) is 69.8 Å². The van der Waals surface area contributed by atoms with Crippen molar-refractivity contribution in [2.75, 3.05) is 32.8 Å². The molecule has 1 heterocycles. The van der Waals surface area contributed by atoms with Crippen LogP contribution < -0.4 is 5.32 Å². The third-order valence-corrected chi connectivity index (χ3v) is 2.75. The molecule has 1 aromatic heterocycles. The summed E-state index contributed by atoms with van der Waals surface area (Å²) in [6.07, 6.45) is 1.32. The molecule has 2 N–H and O–H groups in total. The molecule has 1 aromatic rings. The number of ether oxygens (including phenoxy) is 1. The molecular formula is C12H21N5O4. The summed E-state index contributed by atoms with van der Waals surface area (Å²) < 4.78 is 6.59. The van der Waals surface area contributed by atoms with E-state index in [1.165, 1.54) is 10.9 Å². The third-order valence-electron chi connectivity index (χ3n) is 2.75. The highest BCUT2D eigenvalue weighted by Gasteiger charge is 2.11. The lowest BCUT2D eigenvalue weighted by atomic mass is 10.5. The SMILES string of the molecule is CCOCCN(CC)C(=O)NCCn1cc(C(=O)O)nn1. The molecule has 0 spiro atoms. The Labute approximate surface area is 122 Å². The topological polar surface area (TPSA) is 110 Å². The first kappa shape index (κ1) is 16.9. The summed E-state index contributed by atoms with van der Waals surface area (Å²) in [5, 5.41) is 18.6. The quantitative estimate of drug-likeness (QED) is 0.623. The molecule has 0 fully saturated rings. The van der Waals surface area contributed by atoms with Crippen molar-refractivity contribution >= 4 is 12.0 Å². The van der Waals surface area contributed by atoms with Crippen LogP contribution in [0, 0.1) is 0 Å². The van der Waals surface area contributed by atoms with E-state index in [1.807, 2.05) is 13.8 Å². The van der Waals surface area contributed by atoms with Crippen LogP contribution in [-0.2, 0) is 11.3 Å². The van der Waals surface area contributed by atoms with Crippen LogP contribution in [0.25, 0.3) is 0 Å². The number of nitrogens with one attached hydrogen (secondary N) is 1. The molecule has 21 heavy (non-hydrogen) atoms. The predicted octanol–water partition coefficient (Wildman–Crippen LogP) is 0.0443. The van der Waals surface area contributed by atoms with Gasteiger partial charge < -0.3 is 20.1 Å². The van der Waals surface area contributed by atoms with Gasteiger partial charge in [-0.3, -0.25) is 0 Å².